The van der Waals surface area contributed by atoms with Crippen molar-refractivity contribution in [3.05, 3.63) is 132 Å². The zero-order chi connectivity index (χ0) is 22.6. The van der Waals surface area contributed by atoms with Gasteiger partial charge in [-0.1, -0.05) is 122 Å². The molecule has 0 unspecified atom stereocenters. The van der Waals surface area contributed by atoms with Crippen LogP contribution in [-0.2, 0) is 9.53 Å². The van der Waals surface area contributed by atoms with E-state index in [1.54, 1.807) is 0 Å². The number of fused-ring (bicyclic) bond motifs is 2. The van der Waals surface area contributed by atoms with Crippen molar-refractivity contribution < 1.29 is 9.53 Å². The Morgan fingerprint density at radius 2 is 1.12 bits per heavy atom. The molecule has 0 spiro atoms. The molecule has 0 amide bonds. The van der Waals surface area contributed by atoms with E-state index >= 15 is 0 Å². The third-order valence-corrected chi connectivity index (χ3v) is 6.34. The van der Waals surface area contributed by atoms with Gasteiger partial charge in [0.2, 0.25) is 0 Å². The molecular formula is C31H26O2. The van der Waals surface area contributed by atoms with E-state index in [1.165, 1.54) is 0 Å². The van der Waals surface area contributed by atoms with Gasteiger partial charge in [-0.05, 0) is 33.5 Å². The first-order valence-electron chi connectivity index (χ1n) is 11.5. The summed E-state index contributed by atoms with van der Waals surface area (Å²) in [5, 5.41) is 4.45. The summed E-state index contributed by atoms with van der Waals surface area (Å²) in [6.45, 7) is 2.03. The van der Waals surface area contributed by atoms with Crippen LogP contribution in [-0.4, -0.2) is 5.97 Å². The monoisotopic (exact) mass is 430 g/mol. The summed E-state index contributed by atoms with van der Waals surface area (Å²) in [7, 11) is 0. The van der Waals surface area contributed by atoms with Crippen molar-refractivity contribution in [3.63, 3.8) is 0 Å². The fraction of sp³-hybridized carbons (Fsp3) is 0.129. The maximum atomic E-state index is 13.6. The molecule has 5 aromatic carbocycles. The number of benzene rings is 5. The highest BCUT2D eigenvalue weighted by molar-refractivity contribution is 5.90. The van der Waals surface area contributed by atoms with Gasteiger partial charge in [0, 0.05) is 11.1 Å². The minimum Gasteiger partial charge on any atom is -0.452 e. The molecule has 2 nitrogen and oxygen atoms in total. The third-order valence-electron chi connectivity index (χ3n) is 6.34. The molecule has 0 aliphatic carbocycles. The predicted octanol–water partition coefficient (Wildman–Crippen LogP) is 7.82. The molecule has 5 rings (SSSR count). The van der Waals surface area contributed by atoms with Gasteiger partial charge in [0.05, 0.1) is 5.92 Å². The molecule has 33 heavy (non-hydrogen) atoms. The zero-order valence-electron chi connectivity index (χ0n) is 18.6. The van der Waals surface area contributed by atoms with Crippen LogP contribution in [0.25, 0.3) is 21.5 Å². The lowest BCUT2D eigenvalue weighted by atomic mass is 9.91. The van der Waals surface area contributed by atoms with Gasteiger partial charge >= 0.3 is 5.97 Å². The van der Waals surface area contributed by atoms with Gasteiger partial charge < -0.3 is 4.74 Å². The van der Waals surface area contributed by atoms with Gasteiger partial charge in [-0.25, -0.2) is 0 Å². The number of carbonyl (C=O) groups is 1. The molecule has 0 bridgehead atoms. The van der Waals surface area contributed by atoms with Crippen molar-refractivity contribution in [2.45, 2.75) is 25.4 Å². The van der Waals surface area contributed by atoms with Gasteiger partial charge in [-0.15, -0.1) is 0 Å². The highest BCUT2D eigenvalue weighted by Gasteiger charge is 2.27. The zero-order valence-corrected chi connectivity index (χ0v) is 18.6. The summed E-state index contributed by atoms with van der Waals surface area (Å²) in [5.74, 6) is -0.506. The highest BCUT2D eigenvalue weighted by atomic mass is 16.5. The molecule has 0 radical (unpaired) electrons. The van der Waals surface area contributed by atoms with E-state index in [0.29, 0.717) is 6.42 Å². The van der Waals surface area contributed by atoms with Gasteiger partial charge in [-0.3, -0.25) is 4.79 Å². The summed E-state index contributed by atoms with van der Waals surface area (Å²) in [6.07, 6.45) is 0.174. The topological polar surface area (TPSA) is 26.3 Å². The van der Waals surface area contributed by atoms with Crippen molar-refractivity contribution in [1.82, 2.24) is 0 Å². The third kappa shape index (κ3) is 4.12. The highest BCUT2D eigenvalue weighted by Crippen LogP contribution is 2.37. The Labute approximate surface area is 194 Å². The van der Waals surface area contributed by atoms with Crippen LogP contribution in [0, 0.1) is 0 Å². The fourth-order valence-electron chi connectivity index (χ4n) is 4.67. The molecule has 0 fully saturated rings. The molecule has 5 aromatic rings. The Hall–Kier alpha value is -3.91. The molecule has 0 aliphatic rings. The van der Waals surface area contributed by atoms with Crippen LogP contribution in [0.4, 0.5) is 0 Å². The molecule has 0 heterocycles. The van der Waals surface area contributed by atoms with Gasteiger partial charge in [-0.2, -0.15) is 0 Å². The van der Waals surface area contributed by atoms with E-state index in [-0.39, 0.29) is 11.9 Å². The molecule has 0 N–H and O–H groups in total. The average molecular weight is 431 g/mol. The molecule has 0 aliphatic heterocycles. The van der Waals surface area contributed by atoms with Crippen molar-refractivity contribution in [3.8, 4) is 0 Å². The maximum Gasteiger partial charge on any atom is 0.314 e. The average Bonchev–Trinajstić information content (AvgIpc) is 2.88. The van der Waals surface area contributed by atoms with E-state index < -0.39 is 6.10 Å². The number of hydrogen-bond acceptors (Lipinski definition) is 2. The lowest BCUT2D eigenvalue weighted by molar-refractivity contribution is -0.149. The van der Waals surface area contributed by atoms with Gasteiger partial charge in [0.25, 0.3) is 0 Å². The SMILES string of the molecule is CC[C@@H](C(=O)OC(c1cccc2ccccc12)c1cccc2ccccc12)c1ccccc1. The van der Waals surface area contributed by atoms with Crippen LogP contribution in [0.1, 0.15) is 42.1 Å². The summed E-state index contributed by atoms with van der Waals surface area (Å²) in [5.41, 5.74) is 2.99. The van der Waals surface area contributed by atoms with E-state index in [9.17, 15) is 4.79 Å². The quantitative estimate of drug-likeness (QED) is 0.257. The number of ether oxygens (including phenoxy) is 1. The van der Waals surface area contributed by atoms with Gasteiger partial charge in [0.1, 0.15) is 0 Å². The first-order valence-corrected chi connectivity index (χ1v) is 11.5. The number of esters is 1. The second-order valence-corrected chi connectivity index (χ2v) is 8.33. The second kappa shape index (κ2) is 9.30. The first-order chi connectivity index (χ1) is 16.3. The van der Waals surface area contributed by atoms with Crippen LogP contribution >= 0.6 is 0 Å². The normalized spacial score (nSPS) is 12.2. The largest absolute Gasteiger partial charge is 0.452 e. The number of rotatable bonds is 6. The lowest BCUT2D eigenvalue weighted by Gasteiger charge is -2.24. The molecule has 2 heteroatoms. The van der Waals surface area contributed by atoms with Gasteiger partial charge in [0.15, 0.2) is 6.10 Å². The summed E-state index contributed by atoms with van der Waals surface area (Å²) < 4.78 is 6.41. The summed E-state index contributed by atoms with van der Waals surface area (Å²) >= 11 is 0. The van der Waals surface area contributed by atoms with Crippen LogP contribution in [0.5, 0.6) is 0 Å². The Morgan fingerprint density at radius 1 is 0.636 bits per heavy atom. The number of carbonyl (C=O) groups excluding carboxylic acids is 1. The molecule has 162 valence electrons. The van der Waals surface area contributed by atoms with E-state index in [1.807, 2.05) is 73.7 Å². The Morgan fingerprint density at radius 3 is 1.67 bits per heavy atom. The Balaban J connectivity index is 1.65. The van der Waals surface area contributed by atoms with Crippen LogP contribution in [0.2, 0.25) is 0 Å². The van der Waals surface area contributed by atoms with Crippen LogP contribution in [0.15, 0.2) is 115 Å². The second-order valence-electron chi connectivity index (χ2n) is 8.33. The molecule has 0 saturated carbocycles. The van der Waals surface area contributed by atoms with Crippen LogP contribution < -0.4 is 0 Å². The lowest BCUT2D eigenvalue weighted by Crippen LogP contribution is -2.20. The maximum absolute atomic E-state index is 13.6. The minimum atomic E-state index is -0.507. The van der Waals surface area contributed by atoms with E-state index in [0.717, 1.165) is 38.2 Å². The minimum absolute atomic E-state index is 0.199. The molecular weight excluding hydrogens is 404 g/mol. The van der Waals surface area contributed by atoms with Crippen molar-refractivity contribution in [2.75, 3.05) is 0 Å². The van der Waals surface area contributed by atoms with Crippen molar-refractivity contribution in [2.24, 2.45) is 0 Å². The van der Waals surface area contributed by atoms with E-state index in [4.69, 9.17) is 4.74 Å². The van der Waals surface area contributed by atoms with Crippen molar-refractivity contribution >= 4 is 27.5 Å². The smallest absolute Gasteiger partial charge is 0.314 e. The predicted molar refractivity (Wildman–Crippen MR) is 135 cm³/mol. The first kappa shape index (κ1) is 21.0. The molecule has 0 saturated heterocycles. The molecule has 0 aromatic heterocycles. The van der Waals surface area contributed by atoms with E-state index in [2.05, 4.69) is 48.5 Å². The Bertz CT molecular complexity index is 1310. The number of hydrogen-bond donors (Lipinski definition) is 0. The Kier molecular flexibility index (Phi) is 5.91. The van der Waals surface area contributed by atoms with Crippen molar-refractivity contribution in [1.29, 1.82) is 0 Å². The fourth-order valence-corrected chi connectivity index (χ4v) is 4.67. The van der Waals surface area contributed by atoms with Crippen LogP contribution in [0.3, 0.4) is 0 Å². The summed E-state index contributed by atoms with van der Waals surface area (Å²) in [6, 6.07) is 38.9. The standard InChI is InChI=1S/C31H26O2/c1-2-25(22-12-4-3-5-13-22)31(32)33-30(28-20-10-16-23-14-6-8-18-26(23)28)29-21-11-17-24-15-7-9-19-27(24)29/h3-21,25,30H,2H2,1H3/t25-/m1/s1. The molecule has 1 atom stereocenters. The summed E-state index contributed by atoms with van der Waals surface area (Å²) in [4.78, 5) is 13.6.